The lowest BCUT2D eigenvalue weighted by atomic mass is 9.98. The number of hydrogen-bond donors (Lipinski definition) is 0. The maximum absolute atomic E-state index is 10.6. The standard InChI is InChI=1S/C15H22N2O3/c1-20-12-14-3-2-9-16(11-14)10-8-13-4-6-15(7-5-13)17(18)19/h4-7,14H,2-3,8-12H2,1H3/t14-/m1/s1. The van der Waals surface area contributed by atoms with Crippen LogP contribution in [0, 0.1) is 16.0 Å². The lowest BCUT2D eigenvalue weighted by Crippen LogP contribution is -2.38. The summed E-state index contributed by atoms with van der Waals surface area (Å²) < 4.78 is 5.24. The topological polar surface area (TPSA) is 55.6 Å². The minimum absolute atomic E-state index is 0.159. The molecule has 0 aliphatic carbocycles. The summed E-state index contributed by atoms with van der Waals surface area (Å²) in [5.74, 6) is 0.644. The van der Waals surface area contributed by atoms with Gasteiger partial charge in [0.25, 0.3) is 5.69 Å². The molecule has 0 bridgehead atoms. The van der Waals surface area contributed by atoms with Crippen LogP contribution in [0.1, 0.15) is 18.4 Å². The first-order valence-corrected chi connectivity index (χ1v) is 7.13. The third kappa shape index (κ3) is 4.28. The van der Waals surface area contributed by atoms with E-state index in [4.69, 9.17) is 4.74 Å². The van der Waals surface area contributed by atoms with E-state index in [-0.39, 0.29) is 10.6 Å². The molecule has 0 aromatic heterocycles. The molecular weight excluding hydrogens is 256 g/mol. The van der Waals surface area contributed by atoms with E-state index in [0.717, 1.165) is 38.2 Å². The van der Waals surface area contributed by atoms with E-state index < -0.39 is 0 Å². The number of rotatable bonds is 6. The van der Waals surface area contributed by atoms with Crippen LogP contribution in [0.15, 0.2) is 24.3 Å². The van der Waals surface area contributed by atoms with Gasteiger partial charge in [-0.25, -0.2) is 0 Å². The van der Waals surface area contributed by atoms with Gasteiger partial charge >= 0.3 is 0 Å². The normalized spacial score (nSPS) is 19.9. The van der Waals surface area contributed by atoms with Gasteiger partial charge in [-0.3, -0.25) is 10.1 Å². The zero-order chi connectivity index (χ0) is 14.4. The van der Waals surface area contributed by atoms with Crippen molar-refractivity contribution in [3.63, 3.8) is 0 Å². The van der Waals surface area contributed by atoms with Gasteiger partial charge in [0.15, 0.2) is 0 Å². The van der Waals surface area contributed by atoms with Crippen LogP contribution in [0.2, 0.25) is 0 Å². The third-order valence-electron chi connectivity index (χ3n) is 3.87. The molecule has 1 aliphatic rings. The first-order valence-electron chi connectivity index (χ1n) is 7.13. The van der Waals surface area contributed by atoms with Crippen LogP contribution in [-0.2, 0) is 11.2 Å². The quantitative estimate of drug-likeness (QED) is 0.592. The molecule has 1 atom stereocenters. The molecule has 1 aromatic rings. The highest BCUT2D eigenvalue weighted by molar-refractivity contribution is 5.32. The lowest BCUT2D eigenvalue weighted by molar-refractivity contribution is -0.384. The maximum Gasteiger partial charge on any atom is 0.269 e. The molecule has 2 rings (SSSR count). The van der Waals surface area contributed by atoms with Crippen molar-refractivity contribution in [2.45, 2.75) is 19.3 Å². The molecule has 110 valence electrons. The van der Waals surface area contributed by atoms with Crippen LogP contribution in [0.5, 0.6) is 0 Å². The molecule has 1 saturated heterocycles. The van der Waals surface area contributed by atoms with E-state index in [2.05, 4.69) is 4.90 Å². The molecule has 0 saturated carbocycles. The number of hydrogen-bond acceptors (Lipinski definition) is 4. The maximum atomic E-state index is 10.6. The van der Waals surface area contributed by atoms with Gasteiger partial charge in [0.05, 0.1) is 11.5 Å². The molecule has 0 unspecified atom stereocenters. The summed E-state index contributed by atoms with van der Waals surface area (Å²) in [5.41, 5.74) is 1.32. The van der Waals surface area contributed by atoms with Crippen LogP contribution in [0.3, 0.4) is 0 Å². The lowest BCUT2D eigenvalue weighted by Gasteiger charge is -2.32. The predicted molar refractivity (Wildman–Crippen MR) is 77.8 cm³/mol. The number of ether oxygens (including phenoxy) is 1. The van der Waals surface area contributed by atoms with Crippen LogP contribution in [0.4, 0.5) is 5.69 Å². The SMILES string of the molecule is COC[C@@H]1CCCN(CCc2ccc([N+](=O)[O-])cc2)C1. The van der Waals surface area contributed by atoms with Crippen molar-refractivity contribution >= 4 is 5.69 Å². The molecule has 5 nitrogen and oxygen atoms in total. The Hall–Kier alpha value is -1.46. The van der Waals surface area contributed by atoms with Crippen molar-refractivity contribution in [1.29, 1.82) is 0 Å². The fourth-order valence-corrected chi connectivity index (χ4v) is 2.80. The van der Waals surface area contributed by atoms with E-state index in [9.17, 15) is 10.1 Å². The molecule has 0 N–H and O–H groups in total. The first kappa shape index (κ1) is 14.9. The Balaban J connectivity index is 1.80. The summed E-state index contributed by atoms with van der Waals surface area (Å²) in [6, 6.07) is 6.88. The van der Waals surface area contributed by atoms with Gasteiger partial charge < -0.3 is 9.64 Å². The van der Waals surface area contributed by atoms with Crippen molar-refractivity contribution < 1.29 is 9.66 Å². The van der Waals surface area contributed by atoms with Crippen molar-refractivity contribution in [3.8, 4) is 0 Å². The average molecular weight is 278 g/mol. The van der Waals surface area contributed by atoms with E-state index in [1.54, 1.807) is 19.2 Å². The van der Waals surface area contributed by atoms with E-state index in [1.807, 2.05) is 12.1 Å². The van der Waals surface area contributed by atoms with Gasteiger partial charge in [0, 0.05) is 32.3 Å². The van der Waals surface area contributed by atoms with Gasteiger partial charge in [0.2, 0.25) is 0 Å². The zero-order valence-electron chi connectivity index (χ0n) is 12.0. The smallest absolute Gasteiger partial charge is 0.269 e. The van der Waals surface area contributed by atoms with E-state index >= 15 is 0 Å². The van der Waals surface area contributed by atoms with Gasteiger partial charge in [0.1, 0.15) is 0 Å². The number of methoxy groups -OCH3 is 1. The largest absolute Gasteiger partial charge is 0.384 e. The first-order chi connectivity index (χ1) is 9.69. The monoisotopic (exact) mass is 278 g/mol. The van der Waals surface area contributed by atoms with Crippen molar-refractivity contribution in [1.82, 2.24) is 4.90 Å². The minimum atomic E-state index is -0.357. The minimum Gasteiger partial charge on any atom is -0.384 e. The number of non-ortho nitro benzene ring substituents is 1. The van der Waals surface area contributed by atoms with Crippen LogP contribution in [-0.4, -0.2) is 43.2 Å². The van der Waals surface area contributed by atoms with E-state index in [0.29, 0.717) is 5.92 Å². The van der Waals surface area contributed by atoms with Crippen LogP contribution < -0.4 is 0 Å². The molecule has 0 amide bonds. The fraction of sp³-hybridized carbons (Fsp3) is 0.600. The van der Waals surface area contributed by atoms with Crippen LogP contribution >= 0.6 is 0 Å². The highest BCUT2D eigenvalue weighted by Gasteiger charge is 2.19. The summed E-state index contributed by atoms with van der Waals surface area (Å²) in [6.07, 6.45) is 3.42. The molecule has 1 aromatic carbocycles. The Bertz CT molecular complexity index is 431. The number of nitro groups is 1. The third-order valence-corrected chi connectivity index (χ3v) is 3.87. The summed E-state index contributed by atoms with van der Waals surface area (Å²) in [4.78, 5) is 12.7. The van der Waals surface area contributed by atoms with Crippen molar-refractivity contribution in [2.75, 3.05) is 33.4 Å². The summed E-state index contributed by atoms with van der Waals surface area (Å²) in [7, 11) is 1.76. The second-order valence-electron chi connectivity index (χ2n) is 5.44. The van der Waals surface area contributed by atoms with Crippen molar-refractivity contribution in [2.24, 2.45) is 5.92 Å². The highest BCUT2D eigenvalue weighted by atomic mass is 16.6. The van der Waals surface area contributed by atoms with E-state index in [1.165, 1.54) is 12.8 Å². The summed E-state index contributed by atoms with van der Waals surface area (Å²) in [6.45, 7) is 4.10. The second kappa shape index (κ2) is 7.36. The van der Waals surface area contributed by atoms with Gasteiger partial charge in [-0.2, -0.15) is 0 Å². The predicted octanol–water partition coefficient (Wildman–Crippen LogP) is 2.50. The van der Waals surface area contributed by atoms with Crippen molar-refractivity contribution in [3.05, 3.63) is 39.9 Å². The second-order valence-corrected chi connectivity index (χ2v) is 5.44. The number of likely N-dealkylation sites (tertiary alicyclic amines) is 1. The Labute approximate surface area is 119 Å². The molecule has 1 heterocycles. The van der Waals surface area contributed by atoms with Gasteiger partial charge in [-0.05, 0) is 37.3 Å². The highest BCUT2D eigenvalue weighted by Crippen LogP contribution is 2.18. The Morgan fingerprint density at radius 2 is 2.15 bits per heavy atom. The van der Waals surface area contributed by atoms with Crippen LogP contribution in [0.25, 0.3) is 0 Å². The Morgan fingerprint density at radius 1 is 1.40 bits per heavy atom. The number of nitro benzene ring substituents is 1. The summed E-state index contributed by atoms with van der Waals surface area (Å²) >= 11 is 0. The van der Waals surface area contributed by atoms with Gasteiger partial charge in [-0.15, -0.1) is 0 Å². The molecule has 0 spiro atoms. The molecule has 0 radical (unpaired) electrons. The molecular formula is C15H22N2O3. The molecule has 1 aliphatic heterocycles. The molecule has 5 heteroatoms. The fourth-order valence-electron chi connectivity index (χ4n) is 2.80. The number of nitrogens with zero attached hydrogens (tertiary/aromatic N) is 2. The average Bonchev–Trinajstić information content (AvgIpc) is 2.46. The Morgan fingerprint density at radius 3 is 2.80 bits per heavy atom. The number of piperidine rings is 1. The zero-order valence-corrected chi connectivity index (χ0v) is 12.0. The molecule has 1 fully saturated rings. The number of benzene rings is 1. The van der Waals surface area contributed by atoms with Gasteiger partial charge in [-0.1, -0.05) is 12.1 Å². The Kier molecular flexibility index (Phi) is 5.49. The summed E-state index contributed by atoms with van der Waals surface area (Å²) in [5, 5.41) is 10.6. The molecule has 20 heavy (non-hydrogen) atoms.